The number of aromatic hydroxyl groups is 1. The van der Waals surface area contributed by atoms with E-state index >= 15 is 0 Å². The molecule has 0 bridgehead atoms. The Kier molecular flexibility index (Phi) is 5.42. The van der Waals surface area contributed by atoms with E-state index in [4.69, 9.17) is 0 Å². The molecule has 0 aliphatic rings. The largest absolute Gasteiger partial charge is 0.504 e. The van der Waals surface area contributed by atoms with E-state index in [0.29, 0.717) is 29.6 Å². The van der Waals surface area contributed by atoms with Crippen molar-refractivity contribution in [2.75, 3.05) is 14.1 Å². The number of aryl methyl sites for hydroxylation is 3. The molecule has 2 heterocycles. The molecule has 0 unspecified atom stereocenters. The molecule has 0 saturated heterocycles. The highest BCUT2D eigenvalue weighted by atomic mass is 16.3. The summed E-state index contributed by atoms with van der Waals surface area (Å²) < 4.78 is 1.75. The van der Waals surface area contributed by atoms with Crippen LogP contribution in [0.5, 0.6) is 5.75 Å². The third kappa shape index (κ3) is 3.47. The molecule has 6 nitrogen and oxygen atoms in total. The molecule has 1 atom stereocenters. The van der Waals surface area contributed by atoms with Gasteiger partial charge in [0.1, 0.15) is 0 Å². The average molecular weight is 381 g/mol. The third-order valence-corrected chi connectivity index (χ3v) is 5.32. The second kappa shape index (κ2) is 7.64. The molecule has 1 aromatic carbocycles. The minimum atomic E-state index is -0.678. The molecule has 2 aromatic heterocycles. The Morgan fingerprint density at radius 3 is 2.54 bits per heavy atom. The number of aliphatic hydroxyl groups excluding tert-OH is 1. The van der Waals surface area contributed by atoms with Crippen LogP contribution in [0, 0.1) is 20.8 Å². The SMILES string of the molecule is Cc1ccccc1[C@H](O)CCc1c(C(=O)N(C)C)cn2c(C)c(C)nc2c1O. The van der Waals surface area contributed by atoms with E-state index in [-0.39, 0.29) is 11.7 Å². The molecule has 0 aliphatic carbocycles. The zero-order chi connectivity index (χ0) is 20.6. The summed E-state index contributed by atoms with van der Waals surface area (Å²) in [7, 11) is 3.36. The summed E-state index contributed by atoms with van der Waals surface area (Å²) in [6.07, 6.45) is 1.81. The van der Waals surface area contributed by atoms with Crippen LogP contribution >= 0.6 is 0 Å². The minimum Gasteiger partial charge on any atom is -0.504 e. The van der Waals surface area contributed by atoms with Crippen molar-refractivity contribution >= 4 is 11.6 Å². The van der Waals surface area contributed by atoms with Crippen LogP contribution in [0.1, 0.15) is 51.0 Å². The molecule has 2 N–H and O–H groups in total. The predicted molar refractivity (Wildman–Crippen MR) is 109 cm³/mol. The van der Waals surface area contributed by atoms with E-state index in [1.807, 2.05) is 45.0 Å². The van der Waals surface area contributed by atoms with Gasteiger partial charge >= 0.3 is 0 Å². The molecular weight excluding hydrogens is 354 g/mol. The lowest BCUT2D eigenvalue weighted by Crippen LogP contribution is -2.24. The number of hydrogen-bond acceptors (Lipinski definition) is 4. The van der Waals surface area contributed by atoms with E-state index < -0.39 is 6.10 Å². The Labute approximate surface area is 165 Å². The van der Waals surface area contributed by atoms with Crippen LogP contribution in [0.15, 0.2) is 30.5 Å². The van der Waals surface area contributed by atoms with Crippen molar-refractivity contribution in [1.29, 1.82) is 0 Å². The highest BCUT2D eigenvalue weighted by Crippen LogP contribution is 2.32. The number of amides is 1. The van der Waals surface area contributed by atoms with Crippen LogP contribution in [0.25, 0.3) is 5.65 Å². The van der Waals surface area contributed by atoms with Gasteiger partial charge in [0.15, 0.2) is 11.4 Å². The highest BCUT2D eigenvalue weighted by Gasteiger charge is 2.23. The topological polar surface area (TPSA) is 78.1 Å². The lowest BCUT2D eigenvalue weighted by atomic mass is 9.95. The van der Waals surface area contributed by atoms with Gasteiger partial charge in [-0.25, -0.2) is 4.98 Å². The number of carbonyl (C=O) groups is 1. The van der Waals surface area contributed by atoms with E-state index in [2.05, 4.69) is 4.98 Å². The van der Waals surface area contributed by atoms with Crippen molar-refractivity contribution in [3.8, 4) is 5.75 Å². The van der Waals surface area contributed by atoms with Crippen molar-refractivity contribution in [3.63, 3.8) is 0 Å². The van der Waals surface area contributed by atoms with Gasteiger partial charge < -0.3 is 19.5 Å². The summed E-state index contributed by atoms with van der Waals surface area (Å²) in [5.74, 6) is -0.191. The van der Waals surface area contributed by atoms with Gasteiger partial charge in [-0.2, -0.15) is 0 Å². The Hall–Kier alpha value is -2.86. The van der Waals surface area contributed by atoms with E-state index in [0.717, 1.165) is 22.5 Å². The number of rotatable bonds is 5. The average Bonchev–Trinajstić information content (AvgIpc) is 2.95. The number of imidazole rings is 1. The Morgan fingerprint density at radius 1 is 1.21 bits per heavy atom. The zero-order valence-electron chi connectivity index (χ0n) is 17.0. The van der Waals surface area contributed by atoms with Crippen molar-refractivity contribution in [3.05, 3.63) is 64.1 Å². The lowest BCUT2D eigenvalue weighted by Gasteiger charge is -2.18. The number of pyridine rings is 1. The maximum atomic E-state index is 12.8. The number of aliphatic hydroxyl groups is 1. The zero-order valence-corrected chi connectivity index (χ0v) is 17.0. The normalized spacial score (nSPS) is 12.4. The Balaban J connectivity index is 2.03. The molecule has 3 aromatic rings. The second-order valence-electron chi connectivity index (χ2n) is 7.46. The smallest absolute Gasteiger partial charge is 0.255 e. The first kappa shape index (κ1) is 19.9. The van der Waals surface area contributed by atoms with Crippen molar-refractivity contribution in [2.24, 2.45) is 0 Å². The third-order valence-electron chi connectivity index (χ3n) is 5.32. The van der Waals surface area contributed by atoms with Crippen LogP contribution in [-0.2, 0) is 6.42 Å². The van der Waals surface area contributed by atoms with Gasteiger partial charge in [0, 0.05) is 31.5 Å². The standard InChI is InChI=1S/C22H27N3O3/c1-13-8-6-7-9-16(13)19(26)11-10-17-18(22(28)24(4)5)12-25-15(3)14(2)23-21(25)20(17)27/h6-9,12,19,26-27H,10-11H2,1-5H3/t19-/m1/s1. The first-order valence-corrected chi connectivity index (χ1v) is 9.37. The summed E-state index contributed by atoms with van der Waals surface area (Å²) >= 11 is 0. The van der Waals surface area contributed by atoms with Gasteiger partial charge in [0.2, 0.25) is 0 Å². The fourth-order valence-electron chi connectivity index (χ4n) is 3.50. The van der Waals surface area contributed by atoms with Gasteiger partial charge in [0.25, 0.3) is 5.91 Å². The van der Waals surface area contributed by atoms with E-state index in [9.17, 15) is 15.0 Å². The van der Waals surface area contributed by atoms with Crippen LogP contribution in [0.3, 0.4) is 0 Å². The van der Waals surface area contributed by atoms with Crippen molar-refractivity contribution in [1.82, 2.24) is 14.3 Å². The molecule has 0 aliphatic heterocycles. The maximum Gasteiger partial charge on any atom is 0.255 e. The number of benzene rings is 1. The van der Waals surface area contributed by atoms with Crippen molar-refractivity contribution in [2.45, 2.75) is 39.7 Å². The van der Waals surface area contributed by atoms with Crippen LogP contribution in [0.2, 0.25) is 0 Å². The van der Waals surface area contributed by atoms with Crippen LogP contribution < -0.4 is 0 Å². The first-order chi connectivity index (χ1) is 13.2. The number of nitrogens with zero attached hydrogens (tertiary/aromatic N) is 3. The number of hydrogen-bond donors (Lipinski definition) is 2. The van der Waals surface area contributed by atoms with Gasteiger partial charge in [0.05, 0.1) is 17.4 Å². The molecule has 0 saturated carbocycles. The molecule has 3 rings (SSSR count). The molecule has 148 valence electrons. The predicted octanol–water partition coefficient (Wildman–Crippen LogP) is 3.33. The lowest BCUT2D eigenvalue weighted by molar-refractivity contribution is 0.0824. The fourth-order valence-corrected chi connectivity index (χ4v) is 3.50. The molecule has 28 heavy (non-hydrogen) atoms. The minimum absolute atomic E-state index is 0.000818. The number of carbonyl (C=O) groups excluding carboxylic acids is 1. The number of aromatic nitrogens is 2. The van der Waals surface area contributed by atoms with E-state index in [1.165, 1.54) is 4.90 Å². The summed E-state index contributed by atoms with van der Waals surface area (Å²) in [6.45, 7) is 5.73. The Bertz CT molecular complexity index is 1040. The summed E-state index contributed by atoms with van der Waals surface area (Å²) in [4.78, 5) is 18.7. The Morgan fingerprint density at radius 2 is 1.89 bits per heavy atom. The molecule has 6 heteroatoms. The second-order valence-corrected chi connectivity index (χ2v) is 7.46. The summed E-state index contributed by atoms with van der Waals surface area (Å²) in [5.41, 5.74) is 4.93. The van der Waals surface area contributed by atoms with E-state index in [1.54, 1.807) is 24.7 Å². The fraction of sp³-hybridized carbons (Fsp3) is 0.364. The molecule has 0 radical (unpaired) electrons. The van der Waals surface area contributed by atoms with Crippen LogP contribution in [0.4, 0.5) is 0 Å². The molecule has 0 spiro atoms. The van der Waals surface area contributed by atoms with Gasteiger partial charge in [-0.15, -0.1) is 0 Å². The highest BCUT2D eigenvalue weighted by molar-refractivity contribution is 5.96. The molecule has 1 amide bonds. The van der Waals surface area contributed by atoms with Crippen LogP contribution in [-0.4, -0.2) is 44.5 Å². The van der Waals surface area contributed by atoms with Gasteiger partial charge in [-0.05, 0) is 44.7 Å². The summed E-state index contributed by atoms with van der Waals surface area (Å²) in [5, 5.41) is 21.6. The van der Waals surface area contributed by atoms with Crippen molar-refractivity contribution < 1.29 is 15.0 Å². The quantitative estimate of drug-likeness (QED) is 0.711. The molecule has 0 fully saturated rings. The first-order valence-electron chi connectivity index (χ1n) is 9.37. The van der Waals surface area contributed by atoms with Gasteiger partial charge in [-0.3, -0.25) is 4.79 Å². The monoisotopic (exact) mass is 381 g/mol. The number of fused-ring (bicyclic) bond motifs is 1. The maximum absolute atomic E-state index is 12.8. The summed E-state index contributed by atoms with van der Waals surface area (Å²) in [6, 6.07) is 7.68. The van der Waals surface area contributed by atoms with Gasteiger partial charge in [-0.1, -0.05) is 24.3 Å². The molecular formula is C22H27N3O3.